The number of hydrogen-bond acceptors (Lipinski definition) is 4. The minimum absolute atomic E-state index is 0.0613. The van der Waals surface area contributed by atoms with E-state index in [1.54, 1.807) is 12.1 Å². The first-order chi connectivity index (χ1) is 12.9. The average Bonchev–Trinajstić information content (AvgIpc) is 3.32. The van der Waals surface area contributed by atoms with Crippen molar-refractivity contribution in [2.24, 2.45) is 0 Å². The highest BCUT2D eigenvalue weighted by Crippen LogP contribution is 2.29. The first-order valence-electron chi connectivity index (χ1n) is 9.11. The molecular weight excluding hydrogens is 371 g/mol. The van der Waals surface area contributed by atoms with Crippen molar-refractivity contribution < 1.29 is 17.5 Å². The minimum Gasteiger partial charge on any atom is -0.487 e. The van der Waals surface area contributed by atoms with E-state index in [-0.39, 0.29) is 18.3 Å². The van der Waals surface area contributed by atoms with Crippen molar-refractivity contribution >= 4 is 10.2 Å². The second-order valence-corrected chi connectivity index (χ2v) is 8.42. The second-order valence-electron chi connectivity index (χ2n) is 6.50. The molecule has 1 fully saturated rings. The number of ether oxygens (including phenoxy) is 1. The highest BCUT2D eigenvalue weighted by Gasteiger charge is 2.35. The molecule has 1 saturated heterocycles. The molecule has 7 nitrogen and oxygen atoms in total. The monoisotopic (exact) mass is 396 g/mol. The fourth-order valence-electron chi connectivity index (χ4n) is 3.25. The van der Waals surface area contributed by atoms with Gasteiger partial charge in [0.2, 0.25) is 0 Å². The third-order valence-electron chi connectivity index (χ3n) is 4.79. The Labute approximate surface area is 159 Å². The van der Waals surface area contributed by atoms with Gasteiger partial charge in [-0.1, -0.05) is 13.8 Å². The minimum atomic E-state index is -3.41. The van der Waals surface area contributed by atoms with E-state index in [0.717, 1.165) is 17.8 Å². The molecule has 27 heavy (non-hydrogen) atoms. The van der Waals surface area contributed by atoms with Crippen LogP contribution in [-0.4, -0.2) is 53.4 Å². The van der Waals surface area contributed by atoms with Crippen molar-refractivity contribution in [3.63, 3.8) is 0 Å². The van der Waals surface area contributed by atoms with Gasteiger partial charge in [0, 0.05) is 32.1 Å². The lowest BCUT2D eigenvalue weighted by Gasteiger charge is -2.25. The summed E-state index contributed by atoms with van der Waals surface area (Å²) in [5, 5.41) is 7.26. The van der Waals surface area contributed by atoms with Gasteiger partial charge in [0.25, 0.3) is 10.2 Å². The van der Waals surface area contributed by atoms with Crippen molar-refractivity contribution in [1.82, 2.24) is 18.8 Å². The van der Waals surface area contributed by atoms with Crippen molar-refractivity contribution in [2.45, 2.75) is 32.8 Å². The quantitative estimate of drug-likeness (QED) is 0.744. The normalized spacial score (nSPS) is 18.3. The maximum atomic E-state index is 12.9. The van der Waals surface area contributed by atoms with Crippen LogP contribution in [0.5, 0.6) is 5.75 Å². The molecule has 148 valence electrons. The Kier molecular flexibility index (Phi) is 6.13. The van der Waals surface area contributed by atoms with E-state index in [0.29, 0.717) is 31.9 Å². The Balaban J connectivity index is 1.59. The lowest BCUT2D eigenvalue weighted by molar-refractivity contribution is 0.300. The number of aromatic amines is 1. The van der Waals surface area contributed by atoms with Gasteiger partial charge in [-0.25, -0.2) is 4.39 Å². The highest BCUT2D eigenvalue weighted by atomic mass is 32.2. The van der Waals surface area contributed by atoms with Crippen molar-refractivity contribution in [3.8, 4) is 5.75 Å². The number of benzene rings is 1. The van der Waals surface area contributed by atoms with Crippen LogP contribution in [0.15, 0.2) is 30.3 Å². The van der Waals surface area contributed by atoms with Gasteiger partial charge in [0.1, 0.15) is 18.2 Å². The van der Waals surface area contributed by atoms with Gasteiger partial charge in [-0.15, -0.1) is 0 Å². The average molecular weight is 396 g/mol. The Morgan fingerprint density at radius 1 is 1.30 bits per heavy atom. The highest BCUT2D eigenvalue weighted by molar-refractivity contribution is 7.86. The molecule has 0 aliphatic carbocycles. The number of hydrogen-bond donors (Lipinski definition) is 1. The number of halogens is 1. The van der Waals surface area contributed by atoms with E-state index in [4.69, 9.17) is 4.74 Å². The van der Waals surface area contributed by atoms with Gasteiger partial charge < -0.3 is 4.74 Å². The molecule has 0 spiro atoms. The fourth-order valence-corrected chi connectivity index (χ4v) is 4.93. The Bertz CT molecular complexity index is 850. The molecule has 3 rings (SSSR count). The molecule has 1 aliphatic heterocycles. The maximum Gasteiger partial charge on any atom is 0.281 e. The first-order valence-corrected chi connectivity index (χ1v) is 10.5. The summed E-state index contributed by atoms with van der Waals surface area (Å²) in [5.41, 5.74) is 1.63. The van der Waals surface area contributed by atoms with Gasteiger partial charge >= 0.3 is 0 Å². The first kappa shape index (κ1) is 19.8. The molecule has 0 bridgehead atoms. The summed E-state index contributed by atoms with van der Waals surface area (Å²) in [7, 11) is -3.41. The van der Waals surface area contributed by atoms with Gasteiger partial charge in [-0.05, 0) is 36.8 Å². The molecular formula is C18H25FN4O3S. The van der Waals surface area contributed by atoms with E-state index >= 15 is 0 Å². The van der Waals surface area contributed by atoms with Gasteiger partial charge in [0.05, 0.1) is 11.4 Å². The molecule has 0 radical (unpaired) electrons. The molecule has 1 aromatic heterocycles. The van der Waals surface area contributed by atoms with Crippen LogP contribution in [0.25, 0.3) is 0 Å². The number of rotatable bonds is 8. The van der Waals surface area contributed by atoms with E-state index < -0.39 is 10.2 Å². The Hall–Kier alpha value is -1.97. The van der Waals surface area contributed by atoms with Crippen LogP contribution in [-0.2, 0) is 16.8 Å². The third kappa shape index (κ3) is 4.48. The third-order valence-corrected chi connectivity index (χ3v) is 6.94. The number of H-pyrrole nitrogens is 1. The van der Waals surface area contributed by atoms with Crippen LogP contribution in [0, 0.1) is 5.82 Å². The molecule has 0 saturated carbocycles. The second kappa shape index (κ2) is 8.37. The van der Waals surface area contributed by atoms with Gasteiger partial charge in [-0.2, -0.15) is 22.1 Å². The maximum absolute atomic E-state index is 12.9. The van der Waals surface area contributed by atoms with Crippen molar-refractivity contribution in [3.05, 3.63) is 47.5 Å². The molecule has 1 aromatic carbocycles. The van der Waals surface area contributed by atoms with Gasteiger partial charge in [-0.3, -0.25) is 5.10 Å². The lowest BCUT2D eigenvalue weighted by Crippen LogP contribution is -2.42. The fraction of sp³-hybridized carbons (Fsp3) is 0.500. The van der Waals surface area contributed by atoms with Crippen LogP contribution < -0.4 is 4.74 Å². The summed E-state index contributed by atoms with van der Waals surface area (Å²) < 4.78 is 46.8. The molecule has 1 N–H and O–H groups in total. The summed E-state index contributed by atoms with van der Waals surface area (Å²) in [6, 6.07) is 7.73. The smallest absolute Gasteiger partial charge is 0.281 e. The van der Waals surface area contributed by atoms with E-state index in [1.165, 1.54) is 20.7 Å². The van der Waals surface area contributed by atoms with Crippen molar-refractivity contribution in [2.75, 3.05) is 26.2 Å². The SMILES string of the molecule is CCN(CC)S(=O)(=O)N1CCC(c2cc(COc3ccc(F)cc3)[nH]n2)C1. The van der Waals surface area contributed by atoms with Crippen LogP contribution in [0.3, 0.4) is 0 Å². The van der Waals surface area contributed by atoms with Crippen LogP contribution in [0.2, 0.25) is 0 Å². The molecule has 1 aliphatic rings. The van der Waals surface area contributed by atoms with Crippen LogP contribution >= 0.6 is 0 Å². The Morgan fingerprint density at radius 3 is 2.67 bits per heavy atom. The largest absolute Gasteiger partial charge is 0.487 e. The molecule has 1 unspecified atom stereocenters. The zero-order valence-corrected chi connectivity index (χ0v) is 16.4. The summed E-state index contributed by atoms with van der Waals surface area (Å²) in [4.78, 5) is 0. The topological polar surface area (TPSA) is 78.5 Å². The van der Waals surface area contributed by atoms with Crippen LogP contribution in [0.4, 0.5) is 4.39 Å². The number of nitrogens with one attached hydrogen (secondary N) is 1. The molecule has 2 heterocycles. The van der Waals surface area contributed by atoms with E-state index in [2.05, 4.69) is 10.2 Å². The summed E-state index contributed by atoms with van der Waals surface area (Å²) in [6.45, 7) is 5.83. The number of nitrogens with zero attached hydrogens (tertiary/aromatic N) is 3. The van der Waals surface area contributed by atoms with Gasteiger partial charge in [0.15, 0.2) is 0 Å². The zero-order chi connectivity index (χ0) is 19.4. The summed E-state index contributed by atoms with van der Waals surface area (Å²) >= 11 is 0. The lowest BCUT2D eigenvalue weighted by atomic mass is 10.1. The number of aromatic nitrogens is 2. The molecule has 1 atom stereocenters. The summed E-state index contributed by atoms with van der Waals surface area (Å²) in [6.07, 6.45) is 0.740. The zero-order valence-electron chi connectivity index (χ0n) is 15.6. The molecule has 0 amide bonds. The standard InChI is InChI=1S/C18H25FN4O3S/c1-3-22(4-2)27(24,25)23-10-9-14(12-23)18-11-16(20-21-18)13-26-17-7-5-15(19)6-8-17/h5-8,11,14H,3-4,9-10,12-13H2,1-2H3,(H,20,21). The molecule has 2 aromatic rings. The summed E-state index contributed by atoms with van der Waals surface area (Å²) in [5.74, 6) is 0.327. The van der Waals surface area contributed by atoms with Crippen LogP contribution in [0.1, 0.15) is 37.6 Å². The predicted molar refractivity (Wildman–Crippen MR) is 100 cm³/mol. The molecule has 9 heteroatoms. The van der Waals surface area contributed by atoms with E-state index in [1.807, 2.05) is 19.9 Å². The Morgan fingerprint density at radius 2 is 2.00 bits per heavy atom. The van der Waals surface area contributed by atoms with E-state index in [9.17, 15) is 12.8 Å². The van der Waals surface area contributed by atoms with Crippen molar-refractivity contribution in [1.29, 1.82) is 0 Å². The predicted octanol–water partition coefficient (Wildman–Crippen LogP) is 2.50.